The Balaban J connectivity index is 0.000000850. The molecule has 0 bridgehead atoms. The minimum absolute atomic E-state index is 0. The quantitative estimate of drug-likeness (QED) is 0.163. The summed E-state index contributed by atoms with van der Waals surface area (Å²) in [7, 11) is 0. The lowest BCUT2D eigenvalue weighted by Gasteiger charge is -2.11. The van der Waals surface area contributed by atoms with Gasteiger partial charge in [-0.2, -0.15) is 40.5 Å². The number of rotatable bonds is 2. The number of aliphatic hydroxyl groups excluding tert-OH is 1. The molecule has 4 aromatic rings. The highest BCUT2D eigenvalue weighted by Gasteiger charge is 2.31. The Morgan fingerprint density at radius 2 is 1.23 bits per heavy atom. The number of carbonyl (C=O) groups is 1. The molecule has 2 aliphatic rings. The molecule has 0 radical (unpaired) electrons. The van der Waals surface area contributed by atoms with Gasteiger partial charge < -0.3 is 5.11 Å². The molecule has 40 heavy (non-hydrogen) atoms. The molecule has 2 aliphatic carbocycles. The number of halogens is 3. The van der Waals surface area contributed by atoms with Crippen LogP contribution in [0.25, 0.3) is 0 Å². The Labute approximate surface area is 297 Å². The Bertz CT molecular complexity index is 1830. The van der Waals surface area contributed by atoms with E-state index in [1.54, 1.807) is 36.4 Å². The summed E-state index contributed by atoms with van der Waals surface area (Å²) in [4.78, 5) is 14.1. The molecule has 0 aromatic heterocycles. The maximum absolute atomic E-state index is 12.1. The number of alkyl halides is 1. The SMILES string of the molecule is C.CI.S.S.S.[2H]c1c([2H])c([2H])c([C@@H]2CC(=O)c3cc(Cl)ccc32)c([2H])c1[2H].[2H]c1c([2H])c([2H])c([C@@H]2C[C@H](O)c3cc(Cl)ccc32)c([2H])c1[2H]. The minimum atomic E-state index is -0.753. The van der Waals surface area contributed by atoms with Crippen molar-refractivity contribution in [2.24, 2.45) is 0 Å². The summed E-state index contributed by atoms with van der Waals surface area (Å²) >= 11 is 14.0. The van der Waals surface area contributed by atoms with Crippen molar-refractivity contribution in [2.75, 3.05) is 4.93 Å². The first kappa shape index (κ1) is 24.3. The van der Waals surface area contributed by atoms with Crippen LogP contribution < -0.4 is 0 Å². The lowest BCUT2D eigenvalue weighted by atomic mass is 9.93. The van der Waals surface area contributed by atoms with Crippen molar-refractivity contribution in [3.63, 3.8) is 0 Å². The molecule has 216 valence electrons. The summed E-state index contributed by atoms with van der Waals surface area (Å²) in [6, 6.07) is 6.72. The number of hydrogen-bond acceptors (Lipinski definition) is 2. The number of ketones is 1. The van der Waals surface area contributed by atoms with Gasteiger partial charge in [-0.05, 0) is 63.4 Å². The molecule has 3 atom stereocenters. The second-order valence-corrected chi connectivity index (χ2v) is 8.94. The van der Waals surface area contributed by atoms with Crippen molar-refractivity contribution >= 4 is 92.1 Å². The van der Waals surface area contributed by atoms with E-state index in [4.69, 9.17) is 36.9 Å². The topological polar surface area (TPSA) is 37.3 Å². The Hall–Kier alpha value is -1.13. The molecular weight excluding hydrogens is 710 g/mol. The zero-order chi connectivity index (χ0) is 34.4. The third-order valence-corrected chi connectivity index (χ3v) is 6.53. The van der Waals surface area contributed by atoms with Crippen LogP contribution in [-0.4, -0.2) is 15.8 Å². The number of fused-ring (bicyclic) bond motifs is 2. The fraction of sp³-hybridized carbons (Fsp3) is 0.219. The number of Topliss-reactive ketones (excluding diaryl/α,β-unsaturated/α-hetero) is 1. The summed E-state index contributed by atoms with van der Waals surface area (Å²) in [6.45, 7) is 0. The lowest BCUT2D eigenvalue weighted by molar-refractivity contribution is 0.0991. The molecule has 6 rings (SSSR count). The van der Waals surface area contributed by atoms with Crippen LogP contribution in [0, 0.1) is 0 Å². The summed E-state index contributed by atoms with van der Waals surface area (Å²) in [5, 5.41) is 11.1. The first-order valence-corrected chi connectivity index (χ1v) is 13.9. The number of hydrogen-bond donors (Lipinski definition) is 1. The number of aliphatic hydroxyl groups is 1. The Morgan fingerprint density at radius 1 is 0.750 bits per heavy atom. The zero-order valence-corrected chi connectivity index (χ0v) is 27.3. The van der Waals surface area contributed by atoms with Crippen LogP contribution in [0.3, 0.4) is 0 Å². The van der Waals surface area contributed by atoms with E-state index in [1.807, 2.05) is 4.93 Å². The molecule has 0 amide bonds. The predicted octanol–water partition coefficient (Wildman–Crippen LogP) is 9.99. The minimum Gasteiger partial charge on any atom is -0.388 e. The Kier molecular flexibility index (Phi) is 11.2. The van der Waals surface area contributed by atoms with Crippen LogP contribution in [0.4, 0.5) is 0 Å². The van der Waals surface area contributed by atoms with E-state index in [-0.39, 0.29) is 126 Å². The molecule has 0 fully saturated rings. The van der Waals surface area contributed by atoms with Gasteiger partial charge in [0.05, 0.1) is 19.8 Å². The summed E-state index contributed by atoms with van der Waals surface area (Å²) in [6.07, 6.45) is -0.385. The monoisotopic (exact) mass is 756 g/mol. The van der Waals surface area contributed by atoms with E-state index in [2.05, 4.69) is 22.6 Å². The molecule has 0 aliphatic heterocycles. The second-order valence-electron chi connectivity index (χ2n) is 8.07. The molecular formula is C32H37Cl2IO2S3. The molecule has 8 heteroatoms. The van der Waals surface area contributed by atoms with Gasteiger partial charge in [-0.3, -0.25) is 4.79 Å². The van der Waals surface area contributed by atoms with Crippen molar-refractivity contribution < 1.29 is 23.6 Å². The van der Waals surface area contributed by atoms with Gasteiger partial charge in [0.15, 0.2) is 5.78 Å². The first-order valence-electron chi connectivity index (χ1n) is 16.0. The molecule has 0 saturated heterocycles. The highest BCUT2D eigenvalue weighted by atomic mass is 127. The largest absolute Gasteiger partial charge is 0.388 e. The highest BCUT2D eigenvalue weighted by molar-refractivity contribution is 14.1. The summed E-state index contributed by atoms with van der Waals surface area (Å²) in [5.74, 6) is -1.10. The average molecular weight is 758 g/mol. The van der Waals surface area contributed by atoms with E-state index in [0.29, 0.717) is 26.7 Å². The number of benzene rings is 4. The van der Waals surface area contributed by atoms with E-state index in [1.165, 1.54) is 0 Å². The fourth-order valence-corrected chi connectivity index (χ4v) is 4.86. The van der Waals surface area contributed by atoms with Gasteiger partial charge in [-0.25, -0.2) is 0 Å². The van der Waals surface area contributed by atoms with Crippen molar-refractivity contribution in [1.29, 1.82) is 0 Å². The molecule has 0 saturated carbocycles. The smallest absolute Gasteiger partial charge is 0.164 e. The van der Waals surface area contributed by atoms with E-state index in [9.17, 15) is 9.90 Å². The summed E-state index contributed by atoms with van der Waals surface area (Å²) < 4.78 is 78.6. The van der Waals surface area contributed by atoms with E-state index < -0.39 is 30.0 Å². The molecule has 4 aromatic carbocycles. The van der Waals surface area contributed by atoms with Crippen LogP contribution in [0.2, 0.25) is 10.0 Å². The zero-order valence-electron chi connectivity index (χ0n) is 30.6. The van der Waals surface area contributed by atoms with Gasteiger partial charge in [-0.1, -0.05) is 126 Å². The maximum atomic E-state index is 12.1. The second kappa shape index (κ2) is 18.4. The van der Waals surface area contributed by atoms with Gasteiger partial charge in [0.25, 0.3) is 0 Å². The molecule has 2 nitrogen and oxygen atoms in total. The van der Waals surface area contributed by atoms with Crippen LogP contribution in [0.15, 0.2) is 96.8 Å². The Morgan fingerprint density at radius 3 is 1.77 bits per heavy atom. The van der Waals surface area contributed by atoms with Crippen LogP contribution in [0.1, 0.15) is 90.1 Å². The fourth-order valence-electron chi connectivity index (χ4n) is 4.51. The molecule has 0 heterocycles. The van der Waals surface area contributed by atoms with E-state index in [0.717, 1.165) is 5.56 Å². The molecule has 0 unspecified atom stereocenters. The first-order chi connectivity index (χ1) is 21.6. The summed E-state index contributed by atoms with van der Waals surface area (Å²) in [5.41, 5.74) is 2.93. The van der Waals surface area contributed by atoms with Gasteiger partial charge in [0.1, 0.15) is 0 Å². The van der Waals surface area contributed by atoms with Crippen molar-refractivity contribution in [3.05, 3.63) is 140 Å². The van der Waals surface area contributed by atoms with Gasteiger partial charge in [0, 0.05) is 33.9 Å². The van der Waals surface area contributed by atoms with Crippen LogP contribution in [-0.2, 0) is 0 Å². The predicted molar refractivity (Wildman–Crippen MR) is 196 cm³/mol. The lowest BCUT2D eigenvalue weighted by Crippen LogP contribution is -1.95. The molecule has 0 spiro atoms. The normalized spacial score (nSPS) is 20.9. The van der Waals surface area contributed by atoms with Crippen molar-refractivity contribution in [2.45, 2.75) is 38.2 Å². The van der Waals surface area contributed by atoms with Crippen molar-refractivity contribution in [1.82, 2.24) is 0 Å². The standard InChI is InChI=1S/C15H13ClO.C15H11ClO.CH3I.CH4.3H2S/c2*16-11-6-7-12-13(9-15(17)14(12)8-11)10-4-2-1-3-5-10;1-2;;;;/h1-8,13,15,17H,9H2;1-8,13H,9H2;1H3;1H4;3*1H2/t13-,15-;13-;;;;;/m00...../s1/i2*1D,2D,3D,4D,5D;;;;;. The van der Waals surface area contributed by atoms with Gasteiger partial charge in [0.2, 0.25) is 0 Å². The van der Waals surface area contributed by atoms with Gasteiger partial charge in [-0.15, -0.1) is 0 Å². The van der Waals surface area contributed by atoms with Crippen LogP contribution in [0.5, 0.6) is 0 Å². The van der Waals surface area contributed by atoms with Crippen molar-refractivity contribution in [3.8, 4) is 0 Å². The van der Waals surface area contributed by atoms with Crippen LogP contribution >= 0.6 is 86.3 Å². The highest BCUT2D eigenvalue weighted by Crippen LogP contribution is 2.44. The van der Waals surface area contributed by atoms with Gasteiger partial charge >= 0.3 is 0 Å². The maximum Gasteiger partial charge on any atom is 0.164 e. The third-order valence-electron chi connectivity index (χ3n) is 6.06. The van der Waals surface area contributed by atoms with E-state index >= 15 is 0 Å². The average Bonchev–Trinajstić information content (AvgIpc) is 3.53. The number of carbonyl (C=O) groups excluding carboxylic acids is 1. The third kappa shape index (κ3) is 8.93. The molecule has 1 N–H and O–H groups in total.